The Kier molecular flexibility index (Phi) is 6.61. The van der Waals surface area contributed by atoms with Gasteiger partial charge in [-0.2, -0.15) is 0 Å². The Morgan fingerprint density at radius 3 is 2.44 bits per heavy atom. The Balaban J connectivity index is 1.72. The van der Waals surface area contributed by atoms with Crippen molar-refractivity contribution in [1.29, 1.82) is 0 Å². The van der Waals surface area contributed by atoms with Crippen LogP contribution in [0.2, 0.25) is 0 Å². The normalized spacial score (nSPS) is 23.7. The molecule has 0 unspecified atom stereocenters. The molecule has 1 aromatic carbocycles. The van der Waals surface area contributed by atoms with Crippen LogP contribution in [0.1, 0.15) is 51.2 Å². The summed E-state index contributed by atoms with van der Waals surface area (Å²) in [6, 6.07) is 5.03. The van der Waals surface area contributed by atoms with Gasteiger partial charge in [0, 0.05) is 18.0 Å². The number of primary amides is 1. The van der Waals surface area contributed by atoms with Crippen molar-refractivity contribution in [2.75, 3.05) is 0 Å². The van der Waals surface area contributed by atoms with Crippen LogP contribution in [0.5, 0.6) is 0 Å². The molecule has 1 aliphatic carbocycles. The lowest BCUT2D eigenvalue weighted by Gasteiger charge is -2.36. The van der Waals surface area contributed by atoms with Crippen molar-refractivity contribution >= 4 is 23.7 Å². The second-order valence-corrected chi connectivity index (χ2v) is 9.41. The van der Waals surface area contributed by atoms with Crippen molar-refractivity contribution in [1.82, 2.24) is 10.2 Å². The first kappa shape index (κ1) is 23.4. The van der Waals surface area contributed by atoms with Crippen LogP contribution in [0.25, 0.3) is 0 Å². The van der Waals surface area contributed by atoms with E-state index < -0.39 is 35.6 Å². The van der Waals surface area contributed by atoms with Gasteiger partial charge in [-0.15, -0.1) is 0 Å². The second-order valence-electron chi connectivity index (χ2n) is 9.41. The molecule has 0 spiro atoms. The van der Waals surface area contributed by atoms with Gasteiger partial charge in [-0.05, 0) is 51.5 Å². The molecule has 174 valence electrons. The molecule has 4 atom stereocenters. The quantitative estimate of drug-likeness (QED) is 0.222. The monoisotopic (exact) mass is 445 g/mol. The highest BCUT2D eigenvalue weighted by Gasteiger charge is 2.52. The summed E-state index contributed by atoms with van der Waals surface area (Å²) in [6.45, 7) is 5.34. The molecule has 2 aliphatic rings. The van der Waals surface area contributed by atoms with Crippen LogP contribution in [-0.2, 0) is 20.7 Å². The Morgan fingerprint density at radius 1 is 1.22 bits per heavy atom. The number of ether oxygens (including phenoxy) is 1. The zero-order valence-corrected chi connectivity index (χ0v) is 18.6. The van der Waals surface area contributed by atoms with E-state index in [2.05, 4.69) is 10.5 Å². The number of piperidine rings is 1. The van der Waals surface area contributed by atoms with Gasteiger partial charge in [-0.3, -0.25) is 14.5 Å². The molecule has 0 aromatic heterocycles. The smallest absolute Gasteiger partial charge is 0.411 e. The Labute approximate surface area is 186 Å². The maximum Gasteiger partial charge on any atom is 0.411 e. The number of benzene rings is 1. The van der Waals surface area contributed by atoms with Crippen molar-refractivity contribution in [2.24, 2.45) is 22.5 Å². The predicted octanol–water partition coefficient (Wildman–Crippen LogP) is 1.08. The number of likely N-dealkylation sites (tertiary alicyclic amines) is 1. The first-order chi connectivity index (χ1) is 15.0. The van der Waals surface area contributed by atoms with Crippen LogP contribution in [0.15, 0.2) is 29.4 Å². The van der Waals surface area contributed by atoms with E-state index >= 15 is 0 Å². The summed E-state index contributed by atoms with van der Waals surface area (Å²) in [4.78, 5) is 39.6. The molecule has 6 N–H and O–H groups in total. The van der Waals surface area contributed by atoms with E-state index in [1.807, 2.05) is 0 Å². The van der Waals surface area contributed by atoms with Crippen LogP contribution in [0.3, 0.4) is 0 Å². The number of nitrogens with one attached hydrogen (secondary N) is 1. The molecular weight excluding hydrogens is 414 g/mol. The number of carbonyl (C=O) groups is 3. The molecule has 1 saturated carbocycles. The van der Waals surface area contributed by atoms with Gasteiger partial charge in [0.1, 0.15) is 17.7 Å². The number of oxime groups is 1. The topological polar surface area (TPSA) is 160 Å². The van der Waals surface area contributed by atoms with Crippen molar-refractivity contribution in [2.45, 2.75) is 70.2 Å². The number of fused-ring (bicyclic) bond motifs is 2. The highest BCUT2D eigenvalue weighted by molar-refractivity contribution is 5.97. The van der Waals surface area contributed by atoms with Crippen LogP contribution in [-0.4, -0.2) is 57.6 Å². The van der Waals surface area contributed by atoms with Crippen molar-refractivity contribution in [3.63, 3.8) is 0 Å². The Bertz CT molecular complexity index is 908. The molecule has 32 heavy (non-hydrogen) atoms. The molecule has 3 amide bonds. The van der Waals surface area contributed by atoms with E-state index in [1.165, 1.54) is 4.90 Å². The lowest BCUT2D eigenvalue weighted by Crippen LogP contribution is -2.57. The van der Waals surface area contributed by atoms with Crippen LogP contribution >= 0.6 is 0 Å². The van der Waals surface area contributed by atoms with E-state index in [1.54, 1.807) is 45.0 Å². The van der Waals surface area contributed by atoms with Crippen LogP contribution in [0.4, 0.5) is 4.79 Å². The number of nitrogens with zero attached hydrogens (tertiary/aromatic N) is 2. The number of carbonyl (C=O) groups excluding carboxylic acids is 3. The minimum atomic E-state index is -0.947. The van der Waals surface area contributed by atoms with Crippen molar-refractivity contribution in [3.05, 3.63) is 35.4 Å². The first-order valence-corrected chi connectivity index (χ1v) is 10.7. The largest absolute Gasteiger partial charge is 0.444 e. The van der Waals surface area contributed by atoms with Gasteiger partial charge in [0.05, 0.1) is 0 Å². The van der Waals surface area contributed by atoms with Crippen LogP contribution in [0, 0.1) is 5.92 Å². The minimum absolute atomic E-state index is 0.0288. The summed E-state index contributed by atoms with van der Waals surface area (Å²) >= 11 is 0. The molecule has 0 radical (unpaired) electrons. The van der Waals surface area contributed by atoms with Crippen LogP contribution < -0.4 is 16.8 Å². The van der Waals surface area contributed by atoms with E-state index in [0.717, 1.165) is 24.8 Å². The summed E-state index contributed by atoms with van der Waals surface area (Å²) in [5.41, 5.74) is 11.7. The van der Waals surface area contributed by atoms with Gasteiger partial charge >= 0.3 is 6.09 Å². The third kappa shape index (κ3) is 5.12. The summed E-state index contributed by atoms with van der Waals surface area (Å²) in [5, 5.41) is 14.4. The standard InChI is InChI=1S/C22H31N5O5/c1-22(2,3)32-21(30)27-15-9-8-14(11-15)17(27)20(29)25-16(19(24)28)10-12-4-6-13(7-5-12)18(23)26-31/h4-7,14-17,31H,8-11H2,1-3H3,(H2,23,26)(H2,24,28)(H,25,29)/t14-,15+,16-,17-/m0/s1. The average Bonchev–Trinajstić information content (AvgIpc) is 3.33. The Hall–Kier alpha value is -3.30. The molecular formula is C22H31N5O5. The average molecular weight is 446 g/mol. The van der Waals surface area contributed by atoms with Gasteiger partial charge in [0.25, 0.3) is 0 Å². The summed E-state index contributed by atoms with van der Waals surface area (Å²) in [6.07, 6.45) is 2.08. The molecule has 1 saturated heterocycles. The fourth-order valence-corrected chi connectivity index (χ4v) is 4.49. The van der Waals surface area contributed by atoms with E-state index in [0.29, 0.717) is 5.56 Å². The number of rotatable bonds is 6. The maximum atomic E-state index is 13.2. The van der Waals surface area contributed by atoms with Gasteiger partial charge in [0.2, 0.25) is 11.8 Å². The zero-order valence-electron chi connectivity index (χ0n) is 18.6. The fourth-order valence-electron chi connectivity index (χ4n) is 4.49. The van der Waals surface area contributed by atoms with Gasteiger partial charge in [-0.1, -0.05) is 29.4 Å². The predicted molar refractivity (Wildman–Crippen MR) is 117 cm³/mol. The Morgan fingerprint density at radius 2 is 1.88 bits per heavy atom. The molecule has 1 aromatic rings. The third-order valence-corrected chi connectivity index (χ3v) is 5.92. The maximum absolute atomic E-state index is 13.2. The molecule has 10 nitrogen and oxygen atoms in total. The van der Waals surface area contributed by atoms with E-state index in [4.69, 9.17) is 21.4 Å². The molecule has 1 aliphatic heterocycles. The molecule has 2 bridgehead atoms. The fraction of sp³-hybridized carbons (Fsp3) is 0.545. The SMILES string of the molecule is CC(C)(C)OC(=O)N1[C@@H]2CC[C@@H](C2)[C@H]1C(=O)N[C@@H](Cc1ccc(/C(N)=N/O)cc1)C(N)=O. The summed E-state index contributed by atoms with van der Waals surface area (Å²) in [5.74, 6) is -1.08. The summed E-state index contributed by atoms with van der Waals surface area (Å²) in [7, 11) is 0. The van der Waals surface area contributed by atoms with Crippen molar-refractivity contribution < 1.29 is 24.3 Å². The number of amidine groups is 1. The second kappa shape index (κ2) is 9.05. The van der Waals surface area contributed by atoms with E-state index in [-0.39, 0.29) is 24.2 Å². The zero-order chi connectivity index (χ0) is 23.6. The van der Waals surface area contributed by atoms with Crippen molar-refractivity contribution in [3.8, 4) is 0 Å². The van der Waals surface area contributed by atoms with E-state index in [9.17, 15) is 14.4 Å². The number of hydrogen-bond acceptors (Lipinski definition) is 6. The van der Waals surface area contributed by atoms with Gasteiger partial charge in [-0.25, -0.2) is 4.79 Å². The number of amides is 3. The minimum Gasteiger partial charge on any atom is -0.444 e. The number of hydrogen-bond donors (Lipinski definition) is 4. The first-order valence-electron chi connectivity index (χ1n) is 10.7. The third-order valence-electron chi connectivity index (χ3n) is 5.92. The lowest BCUT2D eigenvalue weighted by atomic mass is 9.97. The molecule has 10 heteroatoms. The number of nitrogens with two attached hydrogens (primary N) is 2. The highest BCUT2D eigenvalue weighted by atomic mass is 16.6. The van der Waals surface area contributed by atoms with Gasteiger partial charge in [0.15, 0.2) is 5.84 Å². The highest BCUT2D eigenvalue weighted by Crippen LogP contribution is 2.43. The molecule has 3 rings (SSSR count). The summed E-state index contributed by atoms with van der Waals surface area (Å²) < 4.78 is 5.52. The lowest BCUT2D eigenvalue weighted by molar-refractivity contribution is -0.132. The molecule has 1 heterocycles. The molecule has 2 fully saturated rings. The van der Waals surface area contributed by atoms with Gasteiger partial charge < -0.3 is 26.7 Å².